The zero-order valence-corrected chi connectivity index (χ0v) is 14.2. The van der Waals surface area contributed by atoms with E-state index in [-0.39, 0.29) is 5.92 Å². The van der Waals surface area contributed by atoms with E-state index in [1.165, 1.54) is 5.56 Å². The van der Waals surface area contributed by atoms with Crippen LogP contribution in [-0.4, -0.2) is 23.7 Å². The van der Waals surface area contributed by atoms with Gasteiger partial charge in [-0.2, -0.15) is 0 Å². The first-order valence-electron chi connectivity index (χ1n) is 7.96. The Morgan fingerprint density at radius 2 is 1.86 bits per heavy atom. The molecule has 122 valence electrons. The van der Waals surface area contributed by atoms with Gasteiger partial charge in [0.25, 0.3) is 0 Å². The SMILES string of the molecule is O=C(O)C1CCC(NCCCCc2ccc(Cl)c(Cl)c2)CC1. The second-order valence-corrected chi connectivity index (χ2v) is 6.86. The largest absolute Gasteiger partial charge is 0.481 e. The summed E-state index contributed by atoms with van der Waals surface area (Å²) >= 11 is 11.9. The number of carboxylic acid groups (broad SMARTS) is 1. The third kappa shape index (κ3) is 5.45. The van der Waals surface area contributed by atoms with Crippen molar-refractivity contribution in [2.45, 2.75) is 51.0 Å². The number of nitrogens with one attached hydrogen (secondary N) is 1. The van der Waals surface area contributed by atoms with Gasteiger partial charge in [0.2, 0.25) is 0 Å². The van der Waals surface area contributed by atoms with Gasteiger partial charge in [-0.05, 0) is 69.2 Å². The highest BCUT2D eigenvalue weighted by atomic mass is 35.5. The second-order valence-electron chi connectivity index (χ2n) is 6.05. The van der Waals surface area contributed by atoms with E-state index in [1.54, 1.807) is 0 Å². The van der Waals surface area contributed by atoms with E-state index in [0.717, 1.165) is 51.5 Å². The van der Waals surface area contributed by atoms with Crippen LogP contribution in [0, 0.1) is 5.92 Å². The van der Waals surface area contributed by atoms with Crippen molar-refractivity contribution >= 4 is 29.2 Å². The standard InChI is InChI=1S/C17H23Cl2NO2/c18-15-9-4-12(11-16(15)19)3-1-2-10-20-14-7-5-13(6-8-14)17(21)22/h4,9,11,13-14,20H,1-3,5-8,10H2,(H,21,22). The van der Waals surface area contributed by atoms with Crippen molar-refractivity contribution < 1.29 is 9.90 Å². The van der Waals surface area contributed by atoms with Crippen LogP contribution in [0.5, 0.6) is 0 Å². The minimum Gasteiger partial charge on any atom is -0.481 e. The lowest BCUT2D eigenvalue weighted by Crippen LogP contribution is -2.35. The molecule has 22 heavy (non-hydrogen) atoms. The van der Waals surface area contributed by atoms with Gasteiger partial charge in [0.05, 0.1) is 16.0 Å². The van der Waals surface area contributed by atoms with Crippen molar-refractivity contribution in [2.24, 2.45) is 5.92 Å². The first-order valence-corrected chi connectivity index (χ1v) is 8.72. The number of aliphatic carboxylic acids is 1. The topological polar surface area (TPSA) is 49.3 Å². The van der Waals surface area contributed by atoms with Crippen LogP contribution < -0.4 is 5.32 Å². The molecule has 2 N–H and O–H groups in total. The molecule has 0 atom stereocenters. The fourth-order valence-corrected chi connectivity index (χ4v) is 3.32. The van der Waals surface area contributed by atoms with E-state index in [2.05, 4.69) is 5.32 Å². The smallest absolute Gasteiger partial charge is 0.306 e. The normalized spacial score (nSPS) is 21.7. The number of halogens is 2. The molecule has 2 rings (SSSR count). The number of aryl methyl sites for hydroxylation is 1. The number of hydrogen-bond donors (Lipinski definition) is 2. The summed E-state index contributed by atoms with van der Waals surface area (Å²) in [5.41, 5.74) is 1.22. The molecule has 0 amide bonds. The third-order valence-corrected chi connectivity index (χ3v) is 5.12. The van der Waals surface area contributed by atoms with Crippen LogP contribution in [0.4, 0.5) is 0 Å². The van der Waals surface area contributed by atoms with E-state index in [4.69, 9.17) is 28.3 Å². The number of carbonyl (C=O) groups is 1. The summed E-state index contributed by atoms with van der Waals surface area (Å²) < 4.78 is 0. The van der Waals surface area contributed by atoms with Crippen LogP contribution >= 0.6 is 23.2 Å². The van der Waals surface area contributed by atoms with Gasteiger partial charge in [0, 0.05) is 6.04 Å². The molecule has 1 aromatic rings. The van der Waals surface area contributed by atoms with Gasteiger partial charge in [0.15, 0.2) is 0 Å². The van der Waals surface area contributed by atoms with Crippen LogP contribution in [0.3, 0.4) is 0 Å². The van der Waals surface area contributed by atoms with E-state index in [1.807, 2.05) is 18.2 Å². The predicted octanol–water partition coefficient (Wildman–Crippen LogP) is 4.55. The van der Waals surface area contributed by atoms with Crippen LogP contribution in [0.15, 0.2) is 18.2 Å². The van der Waals surface area contributed by atoms with Crippen LogP contribution in [-0.2, 0) is 11.2 Å². The molecule has 0 aromatic heterocycles. The molecule has 0 unspecified atom stereocenters. The molecule has 3 nitrogen and oxygen atoms in total. The van der Waals surface area contributed by atoms with E-state index < -0.39 is 5.97 Å². The molecule has 1 aromatic carbocycles. The Labute approximate surface area is 142 Å². The Kier molecular flexibility index (Phi) is 7.00. The van der Waals surface area contributed by atoms with Crippen molar-refractivity contribution in [3.05, 3.63) is 33.8 Å². The van der Waals surface area contributed by atoms with Gasteiger partial charge in [0.1, 0.15) is 0 Å². The van der Waals surface area contributed by atoms with E-state index >= 15 is 0 Å². The lowest BCUT2D eigenvalue weighted by Gasteiger charge is -2.26. The van der Waals surface area contributed by atoms with Gasteiger partial charge in [-0.25, -0.2) is 0 Å². The number of rotatable bonds is 7. The molecule has 0 radical (unpaired) electrons. The molecule has 1 saturated carbocycles. The fraction of sp³-hybridized carbons (Fsp3) is 0.588. The number of benzene rings is 1. The highest BCUT2D eigenvalue weighted by molar-refractivity contribution is 6.42. The summed E-state index contributed by atoms with van der Waals surface area (Å²) in [5.74, 6) is -0.771. The maximum Gasteiger partial charge on any atom is 0.306 e. The molecule has 0 bridgehead atoms. The van der Waals surface area contributed by atoms with Crippen molar-refractivity contribution in [3.8, 4) is 0 Å². The lowest BCUT2D eigenvalue weighted by molar-refractivity contribution is -0.142. The highest BCUT2D eigenvalue weighted by Gasteiger charge is 2.25. The fourth-order valence-electron chi connectivity index (χ4n) is 3.00. The number of hydrogen-bond acceptors (Lipinski definition) is 2. The Morgan fingerprint density at radius 1 is 1.14 bits per heavy atom. The van der Waals surface area contributed by atoms with Crippen LogP contribution in [0.1, 0.15) is 44.1 Å². The molecule has 1 aliphatic carbocycles. The molecule has 0 heterocycles. The summed E-state index contributed by atoms with van der Waals surface area (Å²) in [5, 5.41) is 13.7. The second kappa shape index (κ2) is 8.76. The Bertz CT molecular complexity index is 499. The van der Waals surface area contributed by atoms with Gasteiger partial charge in [-0.3, -0.25) is 4.79 Å². The number of carboxylic acids is 1. The third-order valence-electron chi connectivity index (χ3n) is 4.39. The first-order chi connectivity index (χ1) is 10.6. The molecule has 0 spiro atoms. The minimum atomic E-state index is -0.639. The first kappa shape index (κ1) is 17.6. The zero-order valence-electron chi connectivity index (χ0n) is 12.7. The molecule has 0 saturated heterocycles. The highest BCUT2D eigenvalue weighted by Crippen LogP contribution is 2.25. The summed E-state index contributed by atoms with van der Waals surface area (Å²) in [4.78, 5) is 10.9. The van der Waals surface area contributed by atoms with E-state index in [9.17, 15) is 4.79 Å². The van der Waals surface area contributed by atoms with Crippen LogP contribution in [0.25, 0.3) is 0 Å². The van der Waals surface area contributed by atoms with Gasteiger partial charge in [-0.15, -0.1) is 0 Å². The molecule has 5 heteroatoms. The zero-order chi connectivity index (χ0) is 15.9. The average molecular weight is 344 g/mol. The molecule has 1 fully saturated rings. The molecule has 1 aliphatic rings. The summed E-state index contributed by atoms with van der Waals surface area (Å²) in [6.45, 7) is 0.990. The average Bonchev–Trinajstić information content (AvgIpc) is 2.51. The molecule has 0 aliphatic heterocycles. The quantitative estimate of drug-likeness (QED) is 0.714. The maximum atomic E-state index is 10.9. The Hall–Kier alpha value is -0.770. The van der Waals surface area contributed by atoms with Crippen molar-refractivity contribution in [3.63, 3.8) is 0 Å². The van der Waals surface area contributed by atoms with E-state index in [0.29, 0.717) is 16.1 Å². The summed E-state index contributed by atoms with van der Waals surface area (Å²) in [7, 11) is 0. The van der Waals surface area contributed by atoms with Gasteiger partial charge in [-0.1, -0.05) is 29.3 Å². The molecular weight excluding hydrogens is 321 g/mol. The Balaban J connectivity index is 1.58. The molecular formula is C17H23Cl2NO2. The summed E-state index contributed by atoms with van der Waals surface area (Å²) in [6.07, 6.45) is 6.78. The van der Waals surface area contributed by atoms with Crippen molar-refractivity contribution in [1.82, 2.24) is 5.32 Å². The predicted molar refractivity (Wildman–Crippen MR) is 90.8 cm³/mol. The monoisotopic (exact) mass is 343 g/mol. The van der Waals surface area contributed by atoms with Gasteiger partial charge < -0.3 is 10.4 Å². The van der Waals surface area contributed by atoms with Crippen molar-refractivity contribution in [1.29, 1.82) is 0 Å². The minimum absolute atomic E-state index is 0.132. The van der Waals surface area contributed by atoms with Crippen molar-refractivity contribution in [2.75, 3.05) is 6.54 Å². The lowest BCUT2D eigenvalue weighted by atomic mass is 9.86. The Morgan fingerprint density at radius 3 is 2.50 bits per heavy atom. The summed E-state index contributed by atoms with van der Waals surface area (Å²) in [6, 6.07) is 6.29. The number of unbranched alkanes of at least 4 members (excludes halogenated alkanes) is 1. The maximum absolute atomic E-state index is 10.9. The van der Waals surface area contributed by atoms with Gasteiger partial charge >= 0.3 is 5.97 Å². The van der Waals surface area contributed by atoms with Crippen LogP contribution in [0.2, 0.25) is 10.0 Å².